The number of hydrogen-bond acceptors (Lipinski definition) is 2. The Morgan fingerprint density at radius 2 is 1.87 bits per heavy atom. The normalized spacial score (nSPS) is 23.5. The van der Waals surface area contributed by atoms with E-state index in [0.717, 1.165) is 50.0 Å². The van der Waals surface area contributed by atoms with Gasteiger partial charge in [-0.25, -0.2) is 0 Å². The molecule has 23 heavy (non-hydrogen) atoms. The second kappa shape index (κ2) is 8.29. The summed E-state index contributed by atoms with van der Waals surface area (Å²) in [6, 6.07) is 8.50. The van der Waals surface area contributed by atoms with Crippen molar-refractivity contribution in [3.05, 3.63) is 34.3 Å². The molecule has 0 aromatic heterocycles. The van der Waals surface area contributed by atoms with Crippen molar-refractivity contribution in [1.29, 1.82) is 0 Å². The summed E-state index contributed by atoms with van der Waals surface area (Å²) < 4.78 is 1.13. The molecule has 1 unspecified atom stereocenters. The second-order valence-electron chi connectivity index (χ2n) is 6.94. The van der Waals surface area contributed by atoms with E-state index >= 15 is 0 Å². The molecule has 126 valence electrons. The molecule has 2 heterocycles. The Balaban J connectivity index is 1.57. The number of carbonyl (C=O) groups excluding carboxylic acids is 1. The summed E-state index contributed by atoms with van der Waals surface area (Å²) in [6.07, 6.45) is 7.12. The van der Waals surface area contributed by atoms with Gasteiger partial charge in [0.05, 0.1) is 5.92 Å². The Kier molecular flexibility index (Phi) is 6.12. The molecule has 2 aliphatic heterocycles. The highest BCUT2D eigenvalue weighted by atomic mass is 79.9. The number of piperidine rings is 1. The molecule has 3 rings (SSSR count). The maximum Gasteiger partial charge on any atom is 0.226 e. The van der Waals surface area contributed by atoms with Crippen LogP contribution in [0.25, 0.3) is 0 Å². The molecule has 3 nitrogen and oxygen atoms in total. The highest BCUT2D eigenvalue weighted by molar-refractivity contribution is 9.10. The number of nitrogens with zero attached hydrogens (tertiary/aromatic N) is 2. The van der Waals surface area contributed by atoms with Crippen molar-refractivity contribution in [1.82, 2.24) is 9.80 Å². The van der Waals surface area contributed by atoms with E-state index in [0.29, 0.717) is 5.91 Å². The lowest BCUT2D eigenvalue weighted by molar-refractivity contribution is -0.137. The van der Waals surface area contributed by atoms with Crippen LogP contribution >= 0.6 is 15.9 Å². The first kappa shape index (κ1) is 17.0. The first-order chi connectivity index (χ1) is 11.2. The van der Waals surface area contributed by atoms with Crippen LogP contribution < -0.4 is 0 Å². The lowest BCUT2D eigenvalue weighted by Gasteiger charge is -2.34. The van der Waals surface area contributed by atoms with Crippen LogP contribution in [0.1, 0.15) is 44.1 Å². The summed E-state index contributed by atoms with van der Waals surface area (Å²) in [5, 5.41) is 0. The fraction of sp³-hybridized carbons (Fsp3) is 0.632. The van der Waals surface area contributed by atoms with Gasteiger partial charge >= 0.3 is 0 Å². The number of hydrogen-bond donors (Lipinski definition) is 0. The molecule has 2 saturated heterocycles. The van der Waals surface area contributed by atoms with Crippen LogP contribution in [0.3, 0.4) is 0 Å². The Bertz CT molecular complexity index is 526. The number of carbonyl (C=O) groups is 1. The van der Waals surface area contributed by atoms with E-state index < -0.39 is 0 Å². The third-order valence-corrected chi connectivity index (χ3v) is 5.56. The van der Waals surface area contributed by atoms with Crippen LogP contribution in [0, 0.1) is 5.92 Å². The summed E-state index contributed by atoms with van der Waals surface area (Å²) in [6.45, 7) is 4.92. The minimum absolute atomic E-state index is 0.203. The fourth-order valence-electron chi connectivity index (χ4n) is 3.84. The molecule has 4 heteroatoms. The third-order valence-electron chi connectivity index (χ3n) is 5.07. The van der Waals surface area contributed by atoms with Gasteiger partial charge in [0.15, 0.2) is 0 Å². The van der Waals surface area contributed by atoms with Gasteiger partial charge in [0, 0.05) is 30.7 Å². The van der Waals surface area contributed by atoms with Crippen LogP contribution in [0.5, 0.6) is 0 Å². The zero-order valence-electron chi connectivity index (χ0n) is 13.8. The Morgan fingerprint density at radius 3 is 2.61 bits per heavy atom. The van der Waals surface area contributed by atoms with E-state index in [1.54, 1.807) is 0 Å². The average molecular weight is 379 g/mol. The number of amides is 1. The van der Waals surface area contributed by atoms with E-state index in [9.17, 15) is 4.79 Å². The van der Waals surface area contributed by atoms with Gasteiger partial charge < -0.3 is 4.90 Å². The molecule has 2 fully saturated rings. The van der Waals surface area contributed by atoms with Gasteiger partial charge in [0.1, 0.15) is 0 Å². The summed E-state index contributed by atoms with van der Waals surface area (Å²) in [7, 11) is 0. The standard InChI is InChI=1S/C19H27BrN2O/c20-18-9-5-7-16(13-18)14-21-10-6-8-17(15-21)19(23)22-11-3-1-2-4-12-22/h5,7,9,13,17H,1-4,6,8,10-12,14-15H2. The minimum atomic E-state index is 0.203. The van der Waals surface area contributed by atoms with Crippen molar-refractivity contribution >= 4 is 21.8 Å². The lowest BCUT2D eigenvalue weighted by Crippen LogP contribution is -2.44. The van der Waals surface area contributed by atoms with Crippen molar-refractivity contribution in [2.45, 2.75) is 45.1 Å². The average Bonchev–Trinajstić information content (AvgIpc) is 2.84. The second-order valence-corrected chi connectivity index (χ2v) is 7.86. The highest BCUT2D eigenvalue weighted by Gasteiger charge is 2.29. The van der Waals surface area contributed by atoms with E-state index in [-0.39, 0.29) is 5.92 Å². The van der Waals surface area contributed by atoms with Crippen LogP contribution in [0.4, 0.5) is 0 Å². The van der Waals surface area contributed by atoms with E-state index in [1.165, 1.54) is 31.2 Å². The van der Waals surface area contributed by atoms with Gasteiger partial charge in [-0.2, -0.15) is 0 Å². The van der Waals surface area contributed by atoms with Crippen molar-refractivity contribution in [3.8, 4) is 0 Å². The maximum absolute atomic E-state index is 12.8. The van der Waals surface area contributed by atoms with E-state index in [1.807, 2.05) is 0 Å². The molecule has 0 bridgehead atoms. The predicted octanol–water partition coefficient (Wildman–Crippen LogP) is 4.06. The maximum atomic E-state index is 12.8. The quantitative estimate of drug-likeness (QED) is 0.791. The molecular weight excluding hydrogens is 352 g/mol. The van der Waals surface area contributed by atoms with Crippen LogP contribution in [-0.2, 0) is 11.3 Å². The summed E-state index contributed by atoms with van der Waals surface area (Å²) in [5.41, 5.74) is 1.32. The summed E-state index contributed by atoms with van der Waals surface area (Å²) in [5.74, 6) is 0.611. The number of likely N-dealkylation sites (tertiary alicyclic amines) is 2. The first-order valence-corrected chi connectivity index (χ1v) is 9.77. The summed E-state index contributed by atoms with van der Waals surface area (Å²) in [4.78, 5) is 17.4. The molecule has 0 aliphatic carbocycles. The molecule has 1 aromatic carbocycles. The Labute approximate surface area is 148 Å². The Morgan fingerprint density at radius 1 is 1.09 bits per heavy atom. The predicted molar refractivity (Wildman–Crippen MR) is 97.2 cm³/mol. The number of rotatable bonds is 3. The van der Waals surface area contributed by atoms with E-state index in [4.69, 9.17) is 0 Å². The van der Waals surface area contributed by atoms with Gasteiger partial charge in [-0.3, -0.25) is 9.69 Å². The minimum Gasteiger partial charge on any atom is -0.342 e. The highest BCUT2D eigenvalue weighted by Crippen LogP contribution is 2.23. The molecule has 0 spiro atoms. The topological polar surface area (TPSA) is 23.6 Å². The van der Waals surface area contributed by atoms with Crippen LogP contribution in [-0.4, -0.2) is 41.9 Å². The van der Waals surface area contributed by atoms with E-state index in [2.05, 4.69) is 50.0 Å². The Hall–Kier alpha value is -0.870. The van der Waals surface area contributed by atoms with Crippen LogP contribution in [0.15, 0.2) is 28.7 Å². The molecular formula is C19H27BrN2O. The van der Waals surface area contributed by atoms with Crippen molar-refractivity contribution < 1.29 is 4.79 Å². The van der Waals surface area contributed by atoms with Crippen molar-refractivity contribution in [2.24, 2.45) is 5.92 Å². The third kappa shape index (κ3) is 4.80. The summed E-state index contributed by atoms with van der Waals surface area (Å²) >= 11 is 3.54. The van der Waals surface area contributed by atoms with Gasteiger partial charge in [0.25, 0.3) is 0 Å². The molecule has 1 amide bonds. The molecule has 0 saturated carbocycles. The molecule has 2 aliphatic rings. The number of halogens is 1. The lowest BCUT2D eigenvalue weighted by atomic mass is 9.96. The number of benzene rings is 1. The van der Waals surface area contributed by atoms with Gasteiger partial charge in [-0.05, 0) is 49.9 Å². The molecule has 1 atom stereocenters. The van der Waals surface area contributed by atoms with Gasteiger partial charge in [-0.15, -0.1) is 0 Å². The fourth-order valence-corrected chi connectivity index (χ4v) is 4.29. The molecule has 0 radical (unpaired) electrons. The molecule has 1 aromatic rings. The van der Waals surface area contributed by atoms with Crippen molar-refractivity contribution in [3.63, 3.8) is 0 Å². The zero-order chi connectivity index (χ0) is 16.1. The zero-order valence-corrected chi connectivity index (χ0v) is 15.4. The SMILES string of the molecule is O=C(C1CCCN(Cc2cccc(Br)c2)C1)N1CCCCCC1. The van der Waals surface area contributed by atoms with Crippen LogP contribution in [0.2, 0.25) is 0 Å². The van der Waals surface area contributed by atoms with Crippen molar-refractivity contribution in [2.75, 3.05) is 26.2 Å². The smallest absolute Gasteiger partial charge is 0.226 e. The van der Waals surface area contributed by atoms with Gasteiger partial charge in [0.2, 0.25) is 5.91 Å². The largest absolute Gasteiger partial charge is 0.342 e. The molecule has 0 N–H and O–H groups in total. The monoisotopic (exact) mass is 378 g/mol. The van der Waals surface area contributed by atoms with Gasteiger partial charge in [-0.1, -0.05) is 40.9 Å². The first-order valence-electron chi connectivity index (χ1n) is 8.98.